The molecule has 3 aliphatic rings. The molecule has 1 saturated carbocycles. The van der Waals surface area contributed by atoms with Crippen molar-refractivity contribution in [1.82, 2.24) is 14.5 Å². The van der Waals surface area contributed by atoms with E-state index in [1.54, 1.807) is 10.7 Å². The van der Waals surface area contributed by atoms with Gasteiger partial charge in [-0.3, -0.25) is 9.59 Å². The minimum absolute atomic E-state index is 0.0180. The summed E-state index contributed by atoms with van der Waals surface area (Å²) in [6.07, 6.45) is 6.41. The second-order valence-corrected chi connectivity index (χ2v) is 6.61. The van der Waals surface area contributed by atoms with Gasteiger partial charge in [-0.15, -0.1) is 0 Å². The van der Waals surface area contributed by atoms with Gasteiger partial charge in [-0.1, -0.05) is 6.07 Å². The topological polar surface area (TPSA) is 74.9 Å². The van der Waals surface area contributed by atoms with Crippen molar-refractivity contribution < 1.29 is 14.7 Å². The molecule has 0 spiro atoms. The van der Waals surface area contributed by atoms with Crippen molar-refractivity contribution in [3.8, 4) is 0 Å². The van der Waals surface area contributed by atoms with Gasteiger partial charge < -0.3 is 10.0 Å². The van der Waals surface area contributed by atoms with Crippen LogP contribution in [-0.2, 0) is 16.0 Å². The van der Waals surface area contributed by atoms with Crippen molar-refractivity contribution in [2.24, 2.45) is 11.8 Å². The Morgan fingerprint density at radius 2 is 2.17 bits per heavy atom. The fourth-order valence-corrected chi connectivity index (χ4v) is 4.13. The van der Waals surface area contributed by atoms with Gasteiger partial charge in [-0.05, 0) is 37.3 Å². The highest BCUT2D eigenvalue weighted by atomic mass is 16.4. The van der Waals surface area contributed by atoms with Crippen LogP contribution in [0.2, 0.25) is 0 Å². The molecule has 4 heterocycles. The van der Waals surface area contributed by atoms with E-state index >= 15 is 0 Å². The Kier molecular flexibility index (Phi) is 3.32. The molecule has 3 fully saturated rings. The number of amides is 1. The Morgan fingerprint density at radius 3 is 2.96 bits per heavy atom. The Balaban J connectivity index is 1.56. The molecule has 6 nitrogen and oxygen atoms in total. The minimum atomic E-state index is -0.770. The van der Waals surface area contributed by atoms with Crippen LogP contribution in [0.15, 0.2) is 30.6 Å². The number of carboxylic acid groups (broad SMARTS) is 1. The lowest BCUT2D eigenvalue weighted by atomic mass is 9.72. The van der Waals surface area contributed by atoms with Gasteiger partial charge >= 0.3 is 5.97 Å². The molecular formula is C17H19N3O3. The molecule has 0 radical (unpaired) electrons. The monoisotopic (exact) mass is 313 g/mol. The third-order valence-electron chi connectivity index (χ3n) is 5.26. The van der Waals surface area contributed by atoms with Crippen molar-refractivity contribution in [2.45, 2.75) is 31.7 Å². The number of piperidine rings is 2. The van der Waals surface area contributed by atoms with E-state index < -0.39 is 11.9 Å². The molecule has 6 heteroatoms. The lowest BCUT2D eigenvalue weighted by molar-refractivity contribution is -0.155. The third kappa shape index (κ3) is 2.38. The highest BCUT2D eigenvalue weighted by molar-refractivity contribution is 5.83. The van der Waals surface area contributed by atoms with Crippen LogP contribution >= 0.6 is 0 Å². The summed E-state index contributed by atoms with van der Waals surface area (Å²) in [5, 5.41) is 13.7. The van der Waals surface area contributed by atoms with E-state index in [2.05, 4.69) is 5.10 Å². The van der Waals surface area contributed by atoms with Gasteiger partial charge in [-0.2, -0.15) is 5.10 Å². The quantitative estimate of drug-likeness (QED) is 0.934. The summed E-state index contributed by atoms with van der Waals surface area (Å²) in [7, 11) is 0. The smallest absolute Gasteiger partial charge is 0.308 e. The van der Waals surface area contributed by atoms with Gasteiger partial charge in [0.15, 0.2) is 0 Å². The average Bonchev–Trinajstić information content (AvgIpc) is 2.98. The van der Waals surface area contributed by atoms with Crippen LogP contribution in [0.25, 0.3) is 5.52 Å². The molecule has 2 saturated heterocycles. The van der Waals surface area contributed by atoms with Gasteiger partial charge in [0.2, 0.25) is 5.91 Å². The highest BCUT2D eigenvalue weighted by Gasteiger charge is 2.45. The summed E-state index contributed by atoms with van der Waals surface area (Å²) in [5.74, 6) is -0.832. The molecule has 2 aliphatic heterocycles. The number of carbonyl (C=O) groups excluding carboxylic acids is 1. The second-order valence-electron chi connectivity index (χ2n) is 6.61. The molecule has 5 rings (SSSR count). The minimum Gasteiger partial charge on any atom is -0.481 e. The molecule has 3 atom stereocenters. The Labute approximate surface area is 133 Å². The normalized spacial score (nSPS) is 26.6. The van der Waals surface area contributed by atoms with Gasteiger partial charge in [0.05, 0.1) is 24.1 Å². The van der Waals surface area contributed by atoms with Crippen molar-refractivity contribution in [1.29, 1.82) is 0 Å². The van der Waals surface area contributed by atoms with Gasteiger partial charge in [-0.25, -0.2) is 4.52 Å². The number of fused-ring (bicyclic) bond motifs is 4. The maximum absolute atomic E-state index is 12.8. The van der Waals surface area contributed by atoms with Crippen LogP contribution in [-0.4, -0.2) is 44.1 Å². The molecule has 2 aromatic rings. The number of aliphatic carboxylic acids is 1. The number of nitrogens with zero attached hydrogens (tertiary/aromatic N) is 3. The summed E-state index contributed by atoms with van der Waals surface area (Å²) in [4.78, 5) is 26.0. The summed E-state index contributed by atoms with van der Waals surface area (Å²) < 4.78 is 1.75. The number of carboxylic acids is 1. The van der Waals surface area contributed by atoms with E-state index in [0.29, 0.717) is 18.9 Å². The molecule has 1 N–H and O–H groups in total. The average molecular weight is 313 g/mol. The van der Waals surface area contributed by atoms with E-state index in [1.165, 1.54) is 0 Å². The lowest BCUT2D eigenvalue weighted by Gasteiger charge is -2.48. The maximum Gasteiger partial charge on any atom is 0.308 e. The molecule has 1 amide bonds. The number of rotatable bonds is 3. The fourth-order valence-electron chi connectivity index (χ4n) is 4.13. The first kappa shape index (κ1) is 14.2. The van der Waals surface area contributed by atoms with Gasteiger partial charge in [0, 0.05) is 24.3 Å². The molecule has 23 heavy (non-hydrogen) atoms. The van der Waals surface area contributed by atoms with Crippen LogP contribution in [0.4, 0.5) is 0 Å². The van der Waals surface area contributed by atoms with Crippen molar-refractivity contribution in [2.75, 3.05) is 6.54 Å². The first-order valence-corrected chi connectivity index (χ1v) is 8.07. The summed E-state index contributed by atoms with van der Waals surface area (Å²) in [5.41, 5.74) is 1.82. The van der Waals surface area contributed by atoms with E-state index in [4.69, 9.17) is 0 Å². The molecule has 3 unspecified atom stereocenters. The number of carbonyl (C=O) groups is 2. The van der Waals surface area contributed by atoms with Crippen molar-refractivity contribution in [3.05, 3.63) is 36.2 Å². The lowest BCUT2D eigenvalue weighted by Crippen LogP contribution is -2.57. The van der Waals surface area contributed by atoms with Gasteiger partial charge in [0.1, 0.15) is 0 Å². The second kappa shape index (κ2) is 5.37. The van der Waals surface area contributed by atoms with Crippen LogP contribution in [0.3, 0.4) is 0 Å². The summed E-state index contributed by atoms with van der Waals surface area (Å²) in [6.45, 7) is 0.701. The van der Waals surface area contributed by atoms with Crippen molar-refractivity contribution >= 4 is 17.4 Å². The first-order chi connectivity index (χ1) is 11.1. The van der Waals surface area contributed by atoms with Gasteiger partial charge in [0.25, 0.3) is 0 Å². The molecule has 1 aliphatic carbocycles. The predicted molar refractivity (Wildman–Crippen MR) is 82.9 cm³/mol. The zero-order valence-electron chi connectivity index (χ0n) is 12.8. The largest absolute Gasteiger partial charge is 0.481 e. The molecular weight excluding hydrogens is 294 g/mol. The van der Waals surface area contributed by atoms with Crippen LogP contribution < -0.4 is 0 Å². The molecule has 120 valence electrons. The zero-order valence-corrected chi connectivity index (χ0v) is 12.8. The summed E-state index contributed by atoms with van der Waals surface area (Å²) in [6, 6.07) is 5.62. The van der Waals surface area contributed by atoms with Crippen LogP contribution in [0.1, 0.15) is 24.8 Å². The zero-order chi connectivity index (χ0) is 16.0. The maximum atomic E-state index is 12.8. The number of pyridine rings is 1. The Hall–Kier alpha value is -2.37. The fraction of sp³-hybridized carbons (Fsp3) is 0.471. The van der Waals surface area contributed by atoms with E-state index in [9.17, 15) is 14.7 Å². The third-order valence-corrected chi connectivity index (χ3v) is 5.26. The standard InChI is InChI=1S/C17H19N3O3/c21-16(8-12-9-18-20-6-2-1-3-14(12)20)19-10-11-4-5-15(19)13(7-11)17(22)23/h1-3,6,9,11,13,15H,4-5,7-8,10H2,(H,22,23). The van der Waals surface area contributed by atoms with E-state index in [0.717, 1.165) is 23.9 Å². The Morgan fingerprint density at radius 1 is 1.30 bits per heavy atom. The molecule has 0 aromatic carbocycles. The van der Waals surface area contributed by atoms with E-state index in [1.807, 2.05) is 29.3 Å². The number of hydrogen-bond acceptors (Lipinski definition) is 3. The highest BCUT2D eigenvalue weighted by Crippen LogP contribution is 2.39. The number of aromatic nitrogens is 2. The molecule has 2 bridgehead atoms. The predicted octanol–water partition coefficient (Wildman–Crippen LogP) is 1.59. The number of hydrogen-bond donors (Lipinski definition) is 1. The van der Waals surface area contributed by atoms with Crippen LogP contribution in [0.5, 0.6) is 0 Å². The summed E-state index contributed by atoms with van der Waals surface area (Å²) >= 11 is 0. The molecule has 2 aromatic heterocycles. The van der Waals surface area contributed by atoms with Crippen LogP contribution in [0, 0.1) is 11.8 Å². The SMILES string of the molecule is O=C(O)C1CC2CCC1N(C(=O)Cc1cnn3ccccc13)C2. The first-order valence-electron chi connectivity index (χ1n) is 8.07. The Bertz CT molecular complexity index is 769. The van der Waals surface area contributed by atoms with Crippen molar-refractivity contribution in [3.63, 3.8) is 0 Å². The van der Waals surface area contributed by atoms with E-state index in [-0.39, 0.29) is 18.4 Å².